The van der Waals surface area contributed by atoms with Crippen molar-refractivity contribution in [1.82, 2.24) is 4.98 Å². The summed E-state index contributed by atoms with van der Waals surface area (Å²) in [6.07, 6.45) is 1.57. The van der Waals surface area contributed by atoms with Crippen LogP contribution in [0.5, 0.6) is 0 Å². The maximum atomic E-state index is 10.5. The summed E-state index contributed by atoms with van der Waals surface area (Å²) < 4.78 is 5.26. The fourth-order valence-corrected chi connectivity index (χ4v) is 2.20. The third-order valence-corrected chi connectivity index (χ3v) is 3.02. The summed E-state index contributed by atoms with van der Waals surface area (Å²) in [6, 6.07) is 3.71. The molecule has 0 fully saturated rings. The first-order valence-corrected chi connectivity index (χ1v) is 5.99. The van der Waals surface area contributed by atoms with Crippen molar-refractivity contribution in [1.29, 1.82) is 0 Å². The van der Waals surface area contributed by atoms with E-state index in [9.17, 15) is 4.79 Å². The molecule has 2 aromatic rings. The van der Waals surface area contributed by atoms with Gasteiger partial charge in [0.1, 0.15) is 5.76 Å². The number of anilines is 1. The van der Waals surface area contributed by atoms with Crippen LogP contribution in [-0.4, -0.2) is 16.1 Å². The molecular weight excluding hydrogens is 240 g/mol. The highest BCUT2D eigenvalue weighted by atomic mass is 32.1. The van der Waals surface area contributed by atoms with Gasteiger partial charge in [-0.3, -0.25) is 4.79 Å². The minimum absolute atomic E-state index is 0.00817. The fraction of sp³-hybridized carbons (Fsp3) is 0.273. The Kier molecular flexibility index (Phi) is 3.43. The van der Waals surface area contributed by atoms with Gasteiger partial charge in [0.15, 0.2) is 5.13 Å². The van der Waals surface area contributed by atoms with E-state index in [1.165, 1.54) is 11.3 Å². The van der Waals surface area contributed by atoms with E-state index in [1.807, 2.05) is 19.1 Å². The van der Waals surface area contributed by atoms with E-state index in [0.29, 0.717) is 10.8 Å². The fourth-order valence-electron chi connectivity index (χ4n) is 1.40. The average molecular weight is 252 g/mol. The van der Waals surface area contributed by atoms with Crippen LogP contribution in [0.25, 0.3) is 0 Å². The Bertz CT molecular complexity index is 493. The summed E-state index contributed by atoms with van der Waals surface area (Å²) >= 11 is 1.39. The van der Waals surface area contributed by atoms with Crippen molar-refractivity contribution in [3.8, 4) is 0 Å². The van der Waals surface area contributed by atoms with E-state index in [2.05, 4.69) is 10.3 Å². The van der Waals surface area contributed by atoms with E-state index >= 15 is 0 Å². The predicted octanol–water partition coefficient (Wildman–Crippen LogP) is 2.54. The zero-order valence-electron chi connectivity index (χ0n) is 9.21. The summed E-state index contributed by atoms with van der Waals surface area (Å²) in [7, 11) is 0. The van der Waals surface area contributed by atoms with Gasteiger partial charge in [-0.2, -0.15) is 0 Å². The van der Waals surface area contributed by atoms with Gasteiger partial charge in [0.2, 0.25) is 0 Å². The number of aromatic nitrogens is 1. The van der Waals surface area contributed by atoms with Crippen LogP contribution in [0.3, 0.4) is 0 Å². The SMILES string of the molecule is CC(Nc1nc(CC(=O)O)cs1)c1ccco1. The molecule has 0 saturated heterocycles. The topological polar surface area (TPSA) is 75.4 Å². The van der Waals surface area contributed by atoms with Gasteiger partial charge in [-0.05, 0) is 19.1 Å². The summed E-state index contributed by atoms with van der Waals surface area (Å²) in [4.78, 5) is 14.7. The molecule has 2 N–H and O–H groups in total. The Morgan fingerprint density at radius 3 is 3.18 bits per heavy atom. The van der Waals surface area contributed by atoms with Crippen LogP contribution in [0.1, 0.15) is 24.4 Å². The molecule has 0 saturated carbocycles. The lowest BCUT2D eigenvalue weighted by molar-refractivity contribution is -0.136. The number of rotatable bonds is 5. The molecule has 5 nitrogen and oxygen atoms in total. The van der Waals surface area contributed by atoms with Gasteiger partial charge in [0, 0.05) is 5.38 Å². The Morgan fingerprint density at radius 1 is 1.71 bits per heavy atom. The Morgan fingerprint density at radius 2 is 2.53 bits per heavy atom. The summed E-state index contributed by atoms with van der Waals surface area (Å²) in [5.41, 5.74) is 0.566. The van der Waals surface area contributed by atoms with Crippen LogP contribution >= 0.6 is 11.3 Å². The summed E-state index contributed by atoms with van der Waals surface area (Å²) in [5.74, 6) is -0.0547. The van der Waals surface area contributed by atoms with Gasteiger partial charge < -0.3 is 14.8 Å². The van der Waals surface area contributed by atoms with Crippen LogP contribution in [0.4, 0.5) is 5.13 Å². The second kappa shape index (κ2) is 5.01. The number of hydrogen-bond donors (Lipinski definition) is 2. The first-order chi connectivity index (χ1) is 8.15. The molecule has 2 aromatic heterocycles. The number of carboxylic acids is 1. The number of carboxylic acid groups (broad SMARTS) is 1. The molecule has 6 heteroatoms. The maximum Gasteiger partial charge on any atom is 0.309 e. The molecule has 17 heavy (non-hydrogen) atoms. The Hall–Kier alpha value is -1.82. The number of nitrogens with zero attached hydrogens (tertiary/aromatic N) is 1. The molecular formula is C11H12N2O3S. The molecule has 0 radical (unpaired) electrons. The first kappa shape index (κ1) is 11.7. The summed E-state index contributed by atoms with van der Waals surface area (Å²) in [6.45, 7) is 1.96. The van der Waals surface area contributed by atoms with Crippen molar-refractivity contribution < 1.29 is 14.3 Å². The van der Waals surface area contributed by atoms with Crippen LogP contribution in [0, 0.1) is 0 Å². The molecule has 90 valence electrons. The van der Waals surface area contributed by atoms with Gasteiger partial charge >= 0.3 is 5.97 Å². The lowest BCUT2D eigenvalue weighted by Crippen LogP contribution is -2.06. The van der Waals surface area contributed by atoms with Crippen LogP contribution in [-0.2, 0) is 11.2 Å². The highest BCUT2D eigenvalue weighted by Crippen LogP contribution is 2.22. The maximum absolute atomic E-state index is 10.5. The first-order valence-electron chi connectivity index (χ1n) is 5.11. The van der Waals surface area contributed by atoms with Crippen molar-refractivity contribution in [2.75, 3.05) is 5.32 Å². The third-order valence-electron chi connectivity index (χ3n) is 2.19. The van der Waals surface area contributed by atoms with Gasteiger partial charge in [-0.1, -0.05) is 0 Å². The molecule has 0 bridgehead atoms. The number of carbonyl (C=O) groups is 1. The van der Waals surface area contributed by atoms with Crippen LogP contribution in [0.2, 0.25) is 0 Å². The van der Waals surface area contributed by atoms with E-state index in [-0.39, 0.29) is 12.5 Å². The molecule has 0 aliphatic carbocycles. The van der Waals surface area contributed by atoms with Crippen molar-refractivity contribution >= 4 is 22.4 Å². The van der Waals surface area contributed by atoms with Gasteiger partial charge in [-0.25, -0.2) is 4.98 Å². The largest absolute Gasteiger partial charge is 0.481 e. The van der Waals surface area contributed by atoms with Crippen LogP contribution < -0.4 is 5.32 Å². The van der Waals surface area contributed by atoms with E-state index in [1.54, 1.807) is 11.6 Å². The van der Waals surface area contributed by atoms with Crippen molar-refractivity contribution in [3.05, 3.63) is 35.2 Å². The minimum Gasteiger partial charge on any atom is -0.481 e. The number of thiazole rings is 1. The van der Waals surface area contributed by atoms with Crippen LogP contribution in [0.15, 0.2) is 28.2 Å². The van der Waals surface area contributed by atoms with Crippen molar-refractivity contribution in [2.45, 2.75) is 19.4 Å². The number of nitrogens with one attached hydrogen (secondary N) is 1. The second-order valence-electron chi connectivity index (χ2n) is 3.60. The second-order valence-corrected chi connectivity index (χ2v) is 4.45. The van der Waals surface area contributed by atoms with E-state index in [0.717, 1.165) is 5.76 Å². The van der Waals surface area contributed by atoms with Crippen molar-refractivity contribution in [3.63, 3.8) is 0 Å². The average Bonchev–Trinajstić information content (AvgIpc) is 2.87. The molecule has 1 unspecified atom stereocenters. The summed E-state index contributed by atoms with van der Waals surface area (Å²) in [5, 5.41) is 14.2. The Balaban J connectivity index is 1.99. The lowest BCUT2D eigenvalue weighted by atomic mass is 10.3. The monoisotopic (exact) mass is 252 g/mol. The molecule has 0 spiro atoms. The van der Waals surface area contributed by atoms with E-state index in [4.69, 9.17) is 9.52 Å². The smallest absolute Gasteiger partial charge is 0.309 e. The minimum atomic E-state index is -0.874. The van der Waals surface area contributed by atoms with Crippen molar-refractivity contribution in [2.24, 2.45) is 0 Å². The number of hydrogen-bond acceptors (Lipinski definition) is 5. The zero-order valence-corrected chi connectivity index (χ0v) is 10.0. The lowest BCUT2D eigenvalue weighted by Gasteiger charge is -2.09. The highest BCUT2D eigenvalue weighted by molar-refractivity contribution is 7.13. The third kappa shape index (κ3) is 3.07. The number of aliphatic carboxylic acids is 1. The highest BCUT2D eigenvalue weighted by Gasteiger charge is 2.11. The predicted molar refractivity (Wildman–Crippen MR) is 64.2 cm³/mol. The molecule has 0 amide bonds. The normalized spacial score (nSPS) is 12.3. The molecule has 2 heterocycles. The standard InChI is InChI=1S/C11H12N2O3S/c1-7(9-3-2-4-16-9)12-11-13-8(6-17-11)5-10(14)15/h2-4,6-7H,5H2,1H3,(H,12,13)(H,14,15). The van der Waals surface area contributed by atoms with Gasteiger partial charge in [-0.15, -0.1) is 11.3 Å². The molecule has 1 atom stereocenters. The van der Waals surface area contributed by atoms with Gasteiger partial charge in [0.05, 0.1) is 24.4 Å². The molecule has 0 aromatic carbocycles. The Labute approximate surface area is 102 Å². The molecule has 2 rings (SSSR count). The quantitative estimate of drug-likeness (QED) is 0.855. The molecule has 0 aliphatic rings. The molecule has 0 aliphatic heterocycles. The van der Waals surface area contributed by atoms with E-state index < -0.39 is 5.97 Å². The van der Waals surface area contributed by atoms with Gasteiger partial charge in [0.25, 0.3) is 0 Å². The number of furan rings is 1. The zero-order chi connectivity index (χ0) is 12.3.